The Hall–Kier alpha value is -11.9. The van der Waals surface area contributed by atoms with Gasteiger partial charge in [0.15, 0.2) is 11.6 Å². The van der Waals surface area contributed by atoms with Gasteiger partial charge in [-0.3, -0.25) is 19.2 Å². The number of amides is 2. The van der Waals surface area contributed by atoms with E-state index in [9.17, 15) is 45.5 Å². The zero-order valence-corrected chi connectivity index (χ0v) is 68.3. The second kappa shape index (κ2) is 39.3. The molecule has 122 heavy (non-hydrogen) atoms. The third-order valence-electron chi connectivity index (χ3n) is 25.5. The molecule has 10 aromatic carbocycles. The van der Waals surface area contributed by atoms with Crippen LogP contribution in [0.5, 0.6) is 0 Å². The third kappa shape index (κ3) is 20.1. The summed E-state index contributed by atoms with van der Waals surface area (Å²) in [6.07, 6.45) is 16.1. The molecule has 4 aromatic heterocycles. The van der Waals surface area contributed by atoms with Crippen LogP contribution in [0, 0.1) is 82.2 Å². The van der Waals surface area contributed by atoms with Crippen molar-refractivity contribution in [3.8, 4) is 66.8 Å². The molecule has 8 atom stereocenters. The first kappa shape index (κ1) is 85.1. The predicted octanol–water partition coefficient (Wildman–Crippen LogP) is 22.4. The van der Waals surface area contributed by atoms with Crippen molar-refractivity contribution in [2.45, 2.75) is 103 Å². The van der Waals surface area contributed by atoms with Crippen molar-refractivity contribution in [2.24, 2.45) is 70.3 Å². The van der Waals surface area contributed by atoms with Gasteiger partial charge < -0.3 is 53.5 Å². The van der Waals surface area contributed by atoms with Gasteiger partial charge >= 0.3 is 0 Å². The zero-order chi connectivity index (χ0) is 84.9. The molecule has 0 saturated heterocycles. The fraction of sp³-hybridized carbons (Fsp3) is 0.294. The number of nitrogens with two attached hydrogens (primary N) is 4. The van der Waals surface area contributed by atoms with Crippen molar-refractivity contribution in [1.82, 2.24) is 30.6 Å². The number of hydrogen-bond donors (Lipinski definition) is 10. The molecule has 0 unspecified atom stereocenters. The molecule has 0 spiro atoms. The number of rotatable bonds is 24. The molecule has 0 radical (unpaired) electrons. The highest BCUT2D eigenvalue weighted by atomic mass is 19.1. The van der Waals surface area contributed by atoms with Gasteiger partial charge in [-0.1, -0.05) is 146 Å². The monoisotopic (exact) mass is 1650 g/mol. The maximum atomic E-state index is 13.6. The maximum absolute atomic E-state index is 13.6. The highest BCUT2D eigenvalue weighted by Crippen LogP contribution is 2.43. The molecule has 0 bridgehead atoms. The minimum atomic E-state index is -0.314. The minimum absolute atomic E-state index is 0.0649. The Morgan fingerprint density at radius 1 is 0.279 bits per heavy atom. The number of H-pyrrole nitrogens is 4. The summed E-state index contributed by atoms with van der Waals surface area (Å²) >= 11 is 0. The largest absolute Gasteiger partial charge is 0.352 e. The molecule has 14 N–H and O–H groups in total. The Morgan fingerprint density at radius 3 is 0.828 bits per heavy atom. The second-order valence-electron chi connectivity index (χ2n) is 33.6. The summed E-state index contributed by atoms with van der Waals surface area (Å²) in [5, 5.41) is 9.89. The van der Waals surface area contributed by atoms with Crippen LogP contribution in [0.2, 0.25) is 0 Å². The Morgan fingerprint density at radius 2 is 0.525 bits per heavy atom. The fourth-order valence-electron chi connectivity index (χ4n) is 18.8. The molecule has 4 heterocycles. The number of aromatic amines is 4. The van der Waals surface area contributed by atoms with Crippen molar-refractivity contribution in [1.29, 1.82) is 0 Å². The topological polar surface area (TPSA) is 260 Å². The maximum Gasteiger partial charge on any atom is 0.268 e. The van der Waals surface area contributed by atoms with Gasteiger partial charge in [0.05, 0.1) is 11.4 Å². The molecule has 4 aliphatic rings. The summed E-state index contributed by atoms with van der Waals surface area (Å²) in [4.78, 5) is 65.9. The first-order valence-corrected chi connectivity index (χ1v) is 42.9. The number of benzene rings is 10. The average Bonchev–Trinajstić information content (AvgIpc) is 1.63. The van der Waals surface area contributed by atoms with E-state index in [-0.39, 0.29) is 58.3 Å². The highest BCUT2D eigenvalue weighted by Gasteiger charge is 2.31. The Labute approximate surface area is 706 Å². The Bertz CT molecular complexity index is 5600. The molecule has 628 valence electrons. The van der Waals surface area contributed by atoms with Gasteiger partial charge in [0.25, 0.3) is 11.8 Å². The first-order chi connectivity index (χ1) is 59.3. The van der Waals surface area contributed by atoms with Crippen LogP contribution in [0.15, 0.2) is 231 Å². The van der Waals surface area contributed by atoms with Gasteiger partial charge in [-0.2, -0.15) is 0 Å². The summed E-state index contributed by atoms with van der Waals surface area (Å²) in [5.74, 6) is 2.48. The van der Waals surface area contributed by atoms with Crippen LogP contribution in [0.25, 0.3) is 110 Å². The Kier molecular flexibility index (Phi) is 27.4. The van der Waals surface area contributed by atoms with Gasteiger partial charge in [-0.05, 0) is 292 Å². The number of carbonyl (C=O) groups excluding carboxylic acids is 4. The zero-order valence-electron chi connectivity index (χ0n) is 68.3. The smallest absolute Gasteiger partial charge is 0.268 e. The lowest BCUT2D eigenvalue weighted by Crippen LogP contribution is -2.29. The summed E-state index contributed by atoms with van der Waals surface area (Å²) in [6, 6.07) is 65.2. The quantitative estimate of drug-likeness (QED) is 0.0205. The lowest BCUT2D eigenvalue weighted by molar-refractivity contribution is 0.0935. The minimum Gasteiger partial charge on any atom is -0.352 e. The molecule has 2 amide bonds. The first-order valence-electron chi connectivity index (χ1n) is 42.9. The third-order valence-corrected chi connectivity index (χ3v) is 25.5. The van der Waals surface area contributed by atoms with Crippen LogP contribution in [0.4, 0.5) is 26.3 Å². The molecular formula is C102H104F6N10O4. The van der Waals surface area contributed by atoms with E-state index in [2.05, 4.69) is 30.6 Å². The molecule has 4 fully saturated rings. The standard InChI is InChI=1S/2C29H28F2N2O.2C22H24FN3O/c2*30-23-9-4-20(5-10-23)22-8-13-25-26(16-22)33-29(28(25)21-6-11-24(31)12-7-21)27(34)14-3-18-1-2-19(15-18)17-32;2*23-17-9-7-16(8-10-17)20-18-3-1-2-4-19(18)26-21(20)22(27)25-13-15-6-5-14(11-15)12-24/h2*4-13,16,18-19,33H,1-3,14-15,17,32H2;2*1-4,7-10,14-15,26H,5-6,11-13,24H2,(H,25,27)/t18-,19+;18-,19-;14-,15+;14-,15-/m1110/s1. The van der Waals surface area contributed by atoms with Gasteiger partial charge in [-0.15, -0.1) is 0 Å². The summed E-state index contributed by atoms with van der Waals surface area (Å²) < 4.78 is 80.7. The normalized spacial score (nSPS) is 18.6. The number of hydrogen-bond acceptors (Lipinski definition) is 8. The van der Waals surface area contributed by atoms with Gasteiger partial charge in [-0.25, -0.2) is 26.3 Å². The number of ketones is 2. The molecule has 4 saturated carbocycles. The van der Waals surface area contributed by atoms with E-state index in [1.54, 1.807) is 72.8 Å². The molecule has 4 aliphatic carbocycles. The molecule has 14 nitrogen and oxygen atoms in total. The predicted molar refractivity (Wildman–Crippen MR) is 477 cm³/mol. The van der Waals surface area contributed by atoms with Gasteiger partial charge in [0, 0.05) is 91.8 Å². The van der Waals surface area contributed by atoms with Crippen molar-refractivity contribution >= 4 is 67.0 Å². The van der Waals surface area contributed by atoms with Crippen LogP contribution in [0.3, 0.4) is 0 Å². The number of fused-ring (bicyclic) bond motifs is 4. The van der Waals surface area contributed by atoms with Crippen LogP contribution in [-0.4, -0.2) is 82.6 Å². The molecule has 14 aromatic rings. The lowest BCUT2D eigenvalue weighted by atomic mass is 9.94. The molecular weight excluding hydrogens is 1540 g/mol. The number of para-hydroxylation sites is 2. The van der Waals surface area contributed by atoms with Crippen LogP contribution >= 0.6 is 0 Å². The Balaban J connectivity index is 0.000000127. The fourth-order valence-corrected chi connectivity index (χ4v) is 18.8. The van der Waals surface area contributed by atoms with Gasteiger partial charge in [0.1, 0.15) is 46.3 Å². The van der Waals surface area contributed by atoms with Crippen LogP contribution < -0.4 is 33.6 Å². The van der Waals surface area contributed by atoms with Crippen molar-refractivity contribution < 1.29 is 45.5 Å². The number of carbonyl (C=O) groups is 4. The van der Waals surface area contributed by atoms with Crippen molar-refractivity contribution in [2.75, 3.05) is 39.3 Å². The number of Topliss-reactive ketones (excluding diaryl/α,β-unsaturated/α-hetero) is 2. The number of nitrogens with one attached hydrogen (secondary N) is 6. The average molecular weight is 1650 g/mol. The summed E-state index contributed by atoms with van der Waals surface area (Å²) in [6.45, 7) is 4.21. The second-order valence-corrected chi connectivity index (χ2v) is 33.6. The highest BCUT2D eigenvalue weighted by molar-refractivity contribution is 6.14. The lowest BCUT2D eigenvalue weighted by Gasteiger charge is -2.12. The van der Waals surface area contributed by atoms with E-state index in [1.165, 1.54) is 72.8 Å². The van der Waals surface area contributed by atoms with E-state index in [0.29, 0.717) is 96.1 Å². The number of halogens is 6. The SMILES string of the molecule is NC[C@@H]1CC[C@H](CCC(=O)c2[nH]c3cc(-c4ccc(F)cc4)ccc3c2-c2ccc(F)cc2)C1.NC[C@@H]1CC[C@H](CNC(=O)c2[nH]c3ccccc3c2-c2ccc(F)cc2)C1.NC[C@H]1CC[C@H](CCC(=O)c2[nH]c3cc(-c4ccc(F)cc4)ccc3c2-c2ccc(F)cc2)C1.NC[C@H]1CC[C@H](CNC(=O)c2[nH]c3ccccc3c2-c2ccc(F)cc2)C1. The van der Waals surface area contributed by atoms with E-state index >= 15 is 0 Å². The van der Waals surface area contributed by atoms with Crippen molar-refractivity contribution in [3.05, 3.63) is 288 Å². The summed E-state index contributed by atoms with van der Waals surface area (Å²) in [5.41, 5.74) is 38.9. The molecule has 20 heteroatoms. The molecule has 0 aliphatic heterocycles. The van der Waals surface area contributed by atoms with Crippen LogP contribution in [0.1, 0.15) is 145 Å². The number of aromatic nitrogens is 4. The van der Waals surface area contributed by atoms with E-state index in [1.807, 2.05) is 84.9 Å². The summed E-state index contributed by atoms with van der Waals surface area (Å²) in [7, 11) is 0. The molecule has 18 rings (SSSR count). The van der Waals surface area contributed by atoms with Gasteiger partial charge in [0.2, 0.25) is 0 Å². The van der Waals surface area contributed by atoms with E-state index in [0.717, 1.165) is 226 Å². The van der Waals surface area contributed by atoms with Crippen LogP contribution in [-0.2, 0) is 0 Å². The van der Waals surface area contributed by atoms with E-state index in [4.69, 9.17) is 22.9 Å². The van der Waals surface area contributed by atoms with E-state index < -0.39 is 0 Å². The van der Waals surface area contributed by atoms with Crippen molar-refractivity contribution in [3.63, 3.8) is 0 Å².